The van der Waals surface area contributed by atoms with Crippen LogP contribution < -0.4 is 5.32 Å². The fraction of sp³-hybridized carbons (Fsp3) is 0.200. The third-order valence-electron chi connectivity index (χ3n) is 2.91. The molecule has 0 amide bonds. The molecule has 2 rings (SSSR count). The van der Waals surface area contributed by atoms with Gasteiger partial charge in [0.1, 0.15) is 5.82 Å². The van der Waals surface area contributed by atoms with Crippen LogP contribution in [-0.4, -0.2) is 11.5 Å². The van der Waals surface area contributed by atoms with E-state index in [1.54, 1.807) is 0 Å². The summed E-state index contributed by atoms with van der Waals surface area (Å²) in [5.41, 5.74) is 1.43. The van der Waals surface area contributed by atoms with Gasteiger partial charge in [-0.3, -0.25) is 10.1 Å². The van der Waals surface area contributed by atoms with Crippen LogP contribution in [0.5, 0.6) is 0 Å². The fourth-order valence-electron chi connectivity index (χ4n) is 1.95. The molecule has 0 radical (unpaired) electrons. The number of rotatable bonds is 6. The number of nitrogens with one attached hydrogen (secondary N) is 1. The molecule has 0 fully saturated rings. The van der Waals surface area contributed by atoms with Crippen molar-refractivity contribution >= 4 is 11.4 Å². The molecule has 4 nitrogen and oxygen atoms in total. The zero-order chi connectivity index (χ0) is 14.4. The van der Waals surface area contributed by atoms with Crippen molar-refractivity contribution < 1.29 is 9.31 Å². The van der Waals surface area contributed by atoms with E-state index in [1.165, 1.54) is 17.7 Å². The number of halogens is 1. The summed E-state index contributed by atoms with van der Waals surface area (Å²) in [6, 6.07) is 13.5. The number of hydrogen-bond acceptors (Lipinski definition) is 3. The van der Waals surface area contributed by atoms with Crippen LogP contribution in [0.25, 0.3) is 0 Å². The van der Waals surface area contributed by atoms with Crippen molar-refractivity contribution in [2.24, 2.45) is 0 Å². The number of benzene rings is 2. The summed E-state index contributed by atoms with van der Waals surface area (Å²) < 4.78 is 13.2. The van der Waals surface area contributed by atoms with Crippen molar-refractivity contribution in [2.75, 3.05) is 11.9 Å². The monoisotopic (exact) mass is 274 g/mol. The molecule has 1 N–H and O–H groups in total. The van der Waals surface area contributed by atoms with Crippen LogP contribution >= 0.6 is 0 Å². The van der Waals surface area contributed by atoms with Gasteiger partial charge in [0.25, 0.3) is 5.69 Å². The van der Waals surface area contributed by atoms with Crippen LogP contribution in [0.2, 0.25) is 0 Å². The average Bonchev–Trinajstić information content (AvgIpc) is 2.44. The molecule has 0 heterocycles. The van der Waals surface area contributed by atoms with Gasteiger partial charge in [-0.25, -0.2) is 4.39 Å². The topological polar surface area (TPSA) is 55.2 Å². The molecule has 0 unspecified atom stereocenters. The van der Waals surface area contributed by atoms with Crippen molar-refractivity contribution in [1.82, 2.24) is 0 Å². The predicted molar refractivity (Wildman–Crippen MR) is 76.3 cm³/mol. The van der Waals surface area contributed by atoms with E-state index in [9.17, 15) is 14.5 Å². The second-order valence-electron chi connectivity index (χ2n) is 4.47. The Morgan fingerprint density at radius 1 is 1.15 bits per heavy atom. The van der Waals surface area contributed by atoms with Gasteiger partial charge in [-0.05, 0) is 24.5 Å². The highest BCUT2D eigenvalue weighted by Crippen LogP contribution is 2.20. The first-order valence-electron chi connectivity index (χ1n) is 6.38. The van der Waals surface area contributed by atoms with Crippen LogP contribution in [0.3, 0.4) is 0 Å². The van der Waals surface area contributed by atoms with Crippen molar-refractivity contribution in [3.05, 3.63) is 70.0 Å². The molecule has 0 bridgehead atoms. The lowest BCUT2D eigenvalue weighted by atomic mass is 10.1. The Hall–Kier alpha value is -2.43. The molecule has 2 aromatic carbocycles. The van der Waals surface area contributed by atoms with E-state index < -0.39 is 10.7 Å². The molecule has 104 valence electrons. The number of nitro benzene ring substituents is 1. The Bertz CT molecular complexity index is 588. The molecule has 5 heteroatoms. The van der Waals surface area contributed by atoms with Crippen LogP contribution in [0.4, 0.5) is 15.8 Å². The molecule has 0 saturated carbocycles. The van der Waals surface area contributed by atoms with Gasteiger partial charge in [0.2, 0.25) is 0 Å². The SMILES string of the molecule is O=[N+]([O-])c1cc(F)cc(NCCCc2ccccc2)c1. The molecule has 0 saturated heterocycles. The Kier molecular flexibility index (Phi) is 4.65. The first-order chi connectivity index (χ1) is 9.65. The summed E-state index contributed by atoms with van der Waals surface area (Å²) in [5.74, 6) is -0.607. The van der Waals surface area contributed by atoms with Crippen molar-refractivity contribution in [2.45, 2.75) is 12.8 Å². The Morgan fingerprint density at radius 3 is 2.60 bits per heavy atom. The van der Waals surface area contributed by atoms with E-state index in [-0.39, 0.29) is 5.69 Å². The predicted octanol–water partition coefficient (Wildman–Crippen LogP) is 3.78. The third-order valence-corrected chi connectivity index (χ3v) is 2.91. The minimum absolute atomic E-state index is 0.240. The Morgan fingerprint density at radius 2 is 1.90 bits per heavy atom. The van der Waals surface area contributed by atoms with Crippen LogP contribution in [-0.2, 0) is 6.42 Å². The largest absolute Gasteiger partial charge is 0.385 e. The molecule has 0 aliphatic carbocycles. The Balaban J connectivity index is 1.86. The minimum Gasteiger partial charge on any atom is -0.385 e. The number of anilines is 1. The highest BCUT2D eigenvalue weighted by atomic mass is 19.1. The molecule has 20 heavy (non-hydrogen) atoms. The van der Waals surface area contributed by atoms with E-state index in [4.69, 9.17) is 0 Å². The van der Waals surface area contributed by atoms with Gasteiger partial charge in [0.15, 0.2) is 0 Å². The minimum atomic E-state index is -0.607. The van der Waals surface area contributed by atoms with Crippen molar-refractivity contribution in [1.29, 1.82) is 0 Å². The number of hydrogen-bond donors (Lipinski definition) is 1. The molecule has 0 aromatic heterocycles. The zero-order valence-corrected chi connectivity index (χ0v) is 10.9. The van der Waals surface area contributed by atoms with Gasteiger partial charge in [-0.15, -0.1) is 0 Å². The zero-order valence-electron chi connectivity index (χ0n) is 10.9. The number of non-ortho nitro benzene ring substituents is 1. The second kappa shape index (κ2) is 6.65. The third kappa shape index (κ3) is 4.05. The van der Waals surface area contributed by atoms with Gasteiger partial charge in [-0.1, -0.05) is 30.3 Å². The van der Waals surface area contributed by atoms with Crippen molar-refractivity contribution in [3.8, 4) is 0 Å². The maximum Gasteiger partial charge on any atom is 0.274 e. The summed E-state index contributed by atoms with van der Waals surface area (Å²) >= 11 is 0. The summed E-state index contributed by atoms with van der Waals surface area (Å²) in [4.78, 5) is 10.0. The molecule has 2 aromatic rings. The molecule has 0 atom stereocenters. The maximum atomic E-state index is 13.2. The molecular formula is C15H15FN2O2. The van der Waals surface area contributed by atoms with Gasteiger partial charge < -0.3 is 5.32 Å². The summed E-state index contributed by atoms with van der Waals surface area (Å²) in [5, 5.41) is 13.6. The average molecular weight is 274 g/mol. The molecule has 0 aliphatic rings. The summed E-state index contributed by atoms with van der Waals surface area (Å²) in [6.07, 6.45) is 1.78. The molecule has 0 aliphatic heterocycles. The first-order valence-corrected chi connectivity index (χ1v) is 6.38. The highest BCUT2D eigenvalue weighted by molar-refractivity contribution is 5.51. The quantitative estimate of drug-likeness (QED) is 0.495. The standard InChI is InChI=1S/C15H15FN2O2/c16-13-9-14(11-15(10-13)18(19)20)17-8-4-7-12-5-2-1-3-6-12/h1-3,5-6,9-11,17H,4,7-8H2. The fourth-order valence-corrected chi connectivity index (χ4v) is 1.95. The van der Waals surface area contributed by atoms with E-state index in [2.05, 4.69) is 5.32 Å². The lowest BCUT2D eigenvalue weighted by molar-refractivity contribution is -0.385. The number of nitro groups is 1. The lowest BCUT2D eigenvalue weighted by Gasteiger charge is -2.06. The number of nitrogens with zero attached hydrogens (tertiary/aromatic N) is 1. The summed E-state index contributed by atoms with van der Waals surface area (Å²) in [7, 11) is 0. The van der Waals surface area contributed by atoms with Crippen molar-refractivity contribution in [3.63, 3.8) is 0 Å². The van der Waals surface area contributed by atoms with Gasteiger partial charge in [0.05, 0.1) is 11.0 Å². The first kappa shape index (κ1) is 14.0. The maximum absolute atomic E-state index is 13.2. The number of aryl methyl sites for hydroxylation is 1. The van der Waals surface area contributed by atoms with E-state index in [0.717, 1.165) is 18.9 Å². The van der Waals surface area contributed by atoms with E-state index in [1.807, 2.05) is 30.3 Å². The van der Waals surface area contributed by atoms with Crippen LogP contribution in [0, 0.1) is 15.9 Å². The Labute approximate surface area is 116 Å². The van der Waals surface area contributed by atoms with E-state index in [0.29, 0.717) is 12.2 Å². The van der Waals surface area contributed by atoms with Gasteiger partial charge >= 0.3 is 0 Å². The van der Waals surface area contributed by atoms with Crippen LogP contribution in [0.15, 0.2) is 48.5 Å². The molecular weight excluding hydrogens is 259 g/mol. The van der Waals surface area contributed by atoms with Crippen LogP contribution in [0.1, 0.15) is 12.0 Å². The van der Waals surface area contributed by atoms with Gasteiger partial charge in [0, 0.05) is 18.3 Å². The summed E-state index contributed by atoms with van der Waals surface area (Å²) in [6.45, 7) is 0.634. The second-order valence-corrected chi connectivity index (χ2v) is 4.47. The highest BCUT2D eigenvalue weighted by Gasteiger charge is 2.09. The normalized spacial score (nSPS) is 10.2. The molecule has 0 spiro atoms. The lowest BCUT2D eigenvalue weighted by Crippen LogP contribution is -2.04. The van der Waals surface area contributed by atoms with E-state index >= 15 is 0 Å². The smallest absolute Gasteiger partial charge is 0.274 e. The van der Waals surface area contributed by atoms with Gasteiger partial charge in [-0.2, -0.15) is 0 Å².